The molecule has 0 radical (unpaired) electrons. The Bertz CT molecular complexity index is 709. The van der Waals surface area contributed by atoms with Crippen LogP contribution in [0.2, 0.25) is 5.02 Å². The number of carbonyl (C=O) groups is 2. The van der Waals surface area contributed by atoms with Gasteiger partial charge in [-0.25, -0.2) is 14.5 Å². The number of urea groups is 1. The molecule has 0 bridgehead atoms. The number of hydrogen-bond acceptors (Lipinski definition) is 5. The van der Waals surface area contributed by atoms with Crippen molar-refractivity contribution in [3.8, 4) is 5.69 Å². The molecule has 2 rings (SSSR count). The van der Waals surface area contributed by atoms with Crippen LogP contribution in [0.15, 0.2) is 30.9 Å². The van der Waals surface area contributed by atoms with Gasteiger partial charge in [-0.2, -0.15) is 16.9 Å². The van der Waals surface area contributed by atoms with E-state index in [1.807, 2.05) is 6.26 Å². The van der Waals surface area contributed by atoms with Crippen LogP contribution in [-0.4, -0.2) is 44.8 Å². The van der Waals surface area contributed by atoms with Gasteiger partial charge in [0.05, 0.1) is 11.4 Å². The van der Waals surface area contributed by atoms with Gasteiger partial charge in [0, 0.05) is 5.02 Å². The summed E-state index contributed by atoms with van der Waals surface area (Å²) >= 11 is 7.59. The Hall–Kier alpha value is -2.26. The third kappa shape index (κ3) is 4.87. The summed E-state index contributed by atoms with van der Waals surface area (Å²) in [5, 5.41) is 9.71. The molecular weight excluding hydrogens is 352 g/mol. The van der Waals surface area contributed by atoms with E-state index >= 15 is 0 Å². The van der Waals surface area contributed by atoms with Crippen LogP contribution in [0.3, 0.4) is 0 Å². The normalized spacial score (nSPS) is 11.8. The predicted molar refractivity (Wildman–Crippen MR) is 94.5 cm³/mol. The maximum Gasteiger partial charge on any atom is 0.312 e. The summed E-state index contributed by atoms with van der Waals surface area (Å²) in [6.07, 6.45) is 5.26. The van der Waals surface area contributed by atoms with Crippen LogP contribution < -0.4 is 16.4 Å². The van der Waals surface area contributed by atoms with Crippen molar-refractivity contribution < 1.29 is 9.59 Å². The summed E-state index contributed by atoms with van der Waals surface area (Å²) in [6.45, 7) is 0. The molecule has 8 nitrogen and oxygen atoms in total. The van der Waals surface area contributed by atoms with E-state index in [0.717, 1.165) is 0 Å². The molecule has 0 unspecified atom stereocenters. The molecule has 0 aliphatic rings. The molecule has 3 amide bonds. The number of anilines is 1. The SMILES string of the molecule is CSCC[C@@H](NC(N)=O)C(=O)Nc1cc(Cl)ccc1-n1cncn1. The summed E-state index contributed by atoms with van der Waals surface area (Å²) in [6, 6.07) is 3.51. The number of hydrogen-bond donors (Lipinski definition) is 3. The summed E-state index contributed by atoms with van der Waals surface area (Å²) in [4.78, 5) is 27.5. The van der Waals surface area contributed by atoms with Gasteiger partial charge < -0.3 is 16.4 Å². The standard InChI is InChI=1S/C14H17ClN6O2S/c1-24-5-4-10(20-14(16)23)13(22)19-11-6-9(15)2-3-12(11)21-8-17-7-18-21/h2-3,6-8,10H,4-5H2,1H3,(H,19,22)(H3,16,20,23)/t10-/m1/s1. The van der Waals surface area contributed by atoms with Crippen molar-refractivity contribution >= 4 is 41.0 Å². The second kappa shape index (κ2) is 8.55. The van der Waals surface area contributed by atoms with Gasteiger partial charge in [0.2, 0.25) is 5.91 Å². The quantitative estimate of drug-likeness (QED) is 0.687. The van der Waals surface area contributed by atoms with Crippen LogP contribution in [0.1, 0.15) is 6.42 Å². The van der Waals surface area contributed by atoms with Crippen molar-refractivity contribution in [3.05, 3.63) is 35.9 Å². The van der Waals surface area contributed by atoms with E-state index in [0.29, 0.717) is 28.6 Å². The van der Waals surface area contributed by atoms with E-state index in [9.17, 15) is 9.59 Å². The summed E-state index contributed by atoms with van der Waals surface area (Å²) in [7, 11) is 0. The van der Waals surface area contributed by atoms with Gasteiger partial charge in [0.15, 0.2) is 0 Å². The third-order valence-electron chi connectivity index (χ3n) is 3.13. The molecular formula is C14H17ClN6O2S. The van der Waals surface area contributed by atoms with Crippen LogP contribution in [0.25, 0.3) is 5.69 Å². The zero-order chi connectivity index (χ0) is 17.5. The lowest BCUT2D eigenvalue weighted by atomic mass is 10.2. The predicted octanol–water partition coefficient (Wildman–Crippen LogP) is 1.65. The van der Waals surface area contributed by atoms with Crippen molar-refractivity contribution in [1.82, 2.24) is 20.1 Å². The maximum atomic E-state index is 12.5. The van der Waals surface area contributed by atoms with Gasteiger partial charge in [-0.3, -0.25) is 4.79 Å². The number of thioether (sulfide) groups is 1. The first-order valence-electron chi connectivity index (χ1n) is 7.01. The number of nitrogens with one attached hydrogen (secondary N) is 2. The molecule has 24 heavy (non-hydrogen) atoms. The zero-order valence-corrected chi connectivity index (χ0v) is 14.5. The number of nitrogens with zero attached hydrogens (tertiary/aromatic N) is 3. The number of halogens is 1. The monoisotopic (exact) mass is 368 g/mol. The Morgan fingerprint density at radius 1 is 1.46 bits per heavy atom. The van der Waals surface area contributed by atoms with Gasteiger partial charge in [0.25, 0.3) is 0 Å². The topological polar surface area (TPSA) is 115 Å². The molecule has 128 valence electrons. The van der Waals surface area contributed by atoms with E-state index < -0.39 is 12.1 Å². The van der Waals surface area contributed by atoms with Gasteiger partial charge in [0.1, 0.15) is 18.7 Å². The minimum absolute atomic E-state index is 0.383. The second-order valence-corrected chi connectivity index (χ2v) is 6.26. The first-order valence-corrected chi connectivity index (χ1v) is 8.78. The molecule has 1 atom stereocenters. The lowest BCUT2D eigenvalue weighted by Gasteiger charge is -2.18. The highest BCUT2D eigenvalue weighted by Crippen LogP contribution is 2.24. The molecule has 1 aromatic heterocycles. The second-order valence-electron chi connectivity index (χ2n) is 4.83. The van der Waals surface area contributed by atoms with E-state index in [4.69, 9.17) is 17.3 Å². The Labute approximate surface area is 148 Å². The van der Waals surface area contributed by atoms with Crippen LogP contribution in [-0.2, 0) is 4.79 Å². The minimum Gasteiger partial charge on any atom is -0.352 e. The molecule has 1 aromatic carbocycles. The molecule has 10 heteroatoms. The molecule has 0 aliphatic heterocycles. The number of benzene rings is 1. The smallest absolute Gasteiger partial charge is 0.312 e. The lowest BCUT2D eigenvalue weighted by Crippen LogP contribution is -2.46. The molecule has 0 saturated heterocycles. The molecule has 0 aliphatic carbocycles. The Morgan fingerprint density at radius 3 is 2.88 bits per heavy atom. The first-order chi connectivity index (χ1) is 11.5. The fraction of sp³-hybridized carbons (Fsp3) is 0.286. The molecule has 0 spiro atoms. The van der Waals surface area contributed by atoms with E-state index in [1.54, 1.807) is 30.0 Å². The minimum atomic E-state index is -0.751. The largest absolute Gasteiger partial charge is 0.352 e. The fourth-order valence-electron chi connectivity index (χ4n) is 2.04. The number of carbonyl (C=O) groups excluding carboxylic acids is 2. The number of nitrogens with two attached hydrogens (primary N) is 1. The Kier molecular flexibility index (Phi) is 6.44. The zero-order valence-electron chi connectivity index (χ0n) is 12.9. The molecule has 0 saturated carbocycles. The number of amides is 3. The van der Waals surface area contributed by atoms with Crippen molar-refractivity contribution in [3.63, 3.8) is 0 Å². The summed E-state index contributed by atoms with van der Waals surface area (Å²) in [5.41, 5.74) is 6.21. The van der Waals surface area contributed by atoms with E-state index in [1.165, 1.54) is 17.3 Å². The number of rotatable bonds is 7. The van der Waals surface area contributed by atoms with Gasteiger partial charge in [-0.05, 0) is 36.6 Å². The highest BCUT2D eigenvalue weighted by Gasteiger charge is 2.21. The molecule has 0 fully saturated rings. The average molecular weight is 369 g/mol. The van der Waals surface area contributed by atoms with E-state index in [2.05, 4.69) is 20.7 Å². The summed E-state index contributed by atoms with van der Waals surface area (Å²) < 4.78 is 1.50. The van der Waals surface area contributed by atoms with E-state index in [-0.39, 0.29) is 5.91 Å². The Balaban J connectivity index is 2.23. The molecule has 4 N–H and O–H groups in total. The first kappa shape index (κ1) is 18.1. The third-order valence-corrected chi connectivity index (χ3v) is 4.00. The maximum absolute atomic E-state index is 12.5. The molecule has 1 heterocycles. The van der Waals surface area contributed by atoms with Gasteiger partial charge in [-0.1, -0.05) is 11.6 Å². The fourth-order valence-corrected chi connectivity index (χ4v) is 2.68. The van der Waals surface area contributed by atoms with Gasteiger partial charge in [-0.15, -0.1) is 0 Å². The Morgan fingerprint density at radius 2 is 2.25 bits per heavy atom. The highest BCUT2D eigenvalue weighted by atomic mass is 35.5. The lowest BCUT2D eigenvalue weighted by molar-refractivity contribution is -0.117. The molecule has 2 aromatic rings. The summed E-state index contributed by atoms with van der Waals surface area (Å²) in [5.74, 6) is 0.315. The van der Waals surface area contributed by atoms with Crippen LogP contribution >= 0.6 is 23.4 Å². The average Bonchev–Trinajstić information content (AvgIpc) is 3.05. The van der Waals surface area contributed by atoms with Crippen LogP contribution in [0.4, 0.5) is 10.5 Å². The van der Waals surface area contributed by atoms with Gasteiger partial charge >= 0.3 is 6.03 Å². The van der Waals surface area contributed by atoms with Crippen molar-refractivity contribution in [2.24, 2.45) is 5.73 Å². The number of aromatic nitrogens is 3. The highest BCUT2D eigenvalue weighted by molar-refractivity contribution is 7.98. The van der Waals surface area contributed by atoms with Crippen molar-refractivity contribution in [2.45, 2.75) is 12.5 Å². The van der Waals surface area contributed by atoms with Crippen LogP contribution in [0, 0.1) is 0 Å². The number of primary amides is 1. The van der Waals surface area contributed by atoms with Crippen LogP contribution in [0.5, 0.6) is 0 Å². The van der Waals surface area contributed by atoms with Crippen molar-refractivity contribution in [1.29, 1.82) is 0 Å². The van der Waals surface area contributed by atoms with Crippen molar-refractivity contribution in [2.75, 3.05) is 17.3 Å².